The van der Waals surface area contributed by atoms with Gasteiger partial charge in [0.15, 0.2) is 0 Å². The molecular formula is C25H34N2O3S. The van der Waals surface area contributed by atoms with Gasteiger partial charge in [0.2, 0.25) is 10.0 Å². The monoisotopic (exact) mass is 442 g/mol. The Balaban J connectivity index is 1.59. The van der Waals surface area contributed by atoms with Crippen LogP contribution < -0.4 is 0 Å². The van der Waals surface area contributed by atoms with Crippen molar-refractivity contribution in [2.45, 2.75) is 57.4 Å². The maximum Gasteiger partial charge on any atom is 0.253 e. The number of hydrogen-bond acceptors (Lipinski definition) is 3. The first-order valence-electron chi connectivity index (χ1n) is 11.1. The quantitative estimate of drug-likeness (QED) is 0.634. The van der Waals surface area contributed by atoms with E-state index < -0.39 is 10.0 Å². The van der Waals surface area contributed by atoms with Crippen molar-refractivity contribution in [3.63, 3.8) is 0 Å². The predicted octanol–water partition coefficient (Wildman–Crippen LogP) is 4.51. The molecule has 0 saturated carbocycles. The van der Waals surface area contributed by atoms with Gasteiger partial charge >= 0.3 is 0 Å². The second kappa shape index (κ2) is 9.96. The van der Waals surface area contributed by atoms with Crippen LogP contribution in [0, 0.1) is 12.8 Å². The Morgan fingerprint density at radius 3 is 2.35 bits per heavy atom. The van der Waals surface area contributed by atoms with Gasteiger partial charge in [0, 0.05) is 31.7 Å². The van der Waals surface area contributed by atoms with Crippen molar-refractivity contribution in [1.82, 2.24) is 9.21 Å². The minimum absolute atomic E-state index is 0.0822. The fraction of sp³-hybridized carbons (Fsp3) is 0.480. The molecule has 0 radical (unpaired) electrons. The Morgan fingerprint density at radius 1 is 1.10 bits per heavy atom. The van der Waals surface area contributed by atoms with Gasteiger partial charge in [-0.15, -0.1) is 0 Å². The number of carbonyl (C=O) groups is 1. The Morgan fingerprint density at radius 2 is 1.74 bits per heavy atom. The molecule has 2 aromatic rings. The van der Waals surface area contributed by atoms with E-state index in [-0.39, 0.29) is 16.8 Å². The minimum Gasteiger partial charge on any atom is -0.339 e. The normalized spacial score (nSPS) is 15.6. The van der Waals surface area contributed by atoms with Gasteiger partial charge in [-0.2, -0.15) is 4.31 Å². The van der Waals surface area contributed by atoms with Crippen molar-refractivity contribution in [3.05, 3.63) is 65.2 Å². The number of nitrogens with zero attached hydrogens (tertiary/aromatic N) is 2. The molecule has 5 nitrogen and oxygen atoms in total. The molecule has 2 aromatic carbocycles. The van der Waals surface area contributed by atoms with E-state index in [0.29, 0.717) is 11.5 Å². The third-order valence-electron chi connectivity index (χ3n) is 6.35. The lowest BCUT2D eigenvalue weighted by atomic mass is 9.90. The first-order chi connectivity index (χ1) is 14.7. The fourth-order valence-corrected chi connectivity index (χ4v) is 5.38. The summed E-state index contributed by atoms with van der Waals surface area (Å²) in [7, 11) is -2.04. The van der Waals surface area contributed by atoms with E-state index in [1.54, 1.807) is 25.2 Å². The van der Waals surface area contributed by atoms with E-state index >= 15 is 0 Å². The highest BCUT2D eigenvalue weighted by molar-refractivity contribution is 7.89. The smallest absolute Gasteiger partial charge is 0.253 e. The number of rotatable bonds is 7. The summed E-state index contributed by atoms with van der Waals surface area (Å²) < 4.78 is 26.9. The molecule has 0 atom stereocenters. The molecule has 1 amide bonds. The molecule has 1 aliphatic heterocycles. The van der Waals surface area contributed by atoms with Gasteiger partial charge in [-0.05, 0) is 76.1 Å². The van der Waals surface area contributed by atoms with Crippen LogP contribution in [0.1, 0.15) is 54.6 Å². The highest BCUT2D eigenvalue weighted by atomic mass is 32.2. The van der Waals surface area contributed by atoms with Crippen molar-refractivity contribution in [2.24, 2.45) is 5.92 Å². The fourth-order valence-electron chi connectivity index (χ4n) is 3.97. The third kappa shape index (κ3) is 5.74. The maximum absolute atomic E-state index is 13.0. The van der Waals surface area contributed by atoms with Gasteiger partial charge in [-0.1, -0.05) is 35.9 Å². The van der Waals surface area contributed by atoms with Crippen LogP contribution in [0.2, 0.25) is 0 Å². The van der Waals surface area contributed by atoms with E-state index in [4.69, 9.17) is 0 Å². The van der Waals surface area contributed by atoms with E-state index in [1.165, 1.54) is 21.5 Å². The number of carbonyl (C=O) groups excluding carboxylic acids is 1. The van der Waals surface area contributed by atoms with E-state index in [9.17, 15) is 13.2 Å². The molecule has 168 valence electrons. The van der Waals surface area contributed by atoms with Crippen LogP contribution in [-0.2, 0) is 16.4 Å². The molecule has 0 unspecified atom stereocenters. The lowest BCUT2D eigenvalue weighted by Crippen LogP contribution is -2.38. The van der Waals surface area contributed by atoms with E-state index in [1.807, 2.05) is 18.7 Å². The molecule has 31 heavy (non-hydrogen) atoms. The van der Waals surface area contributed by atoms with Crippen molar-refractivity contribution < 1.29 is 13.2 Å². The molecule has 6 heteroatoms. The number of benzene rings is 2. The molecule has 1 aliphatic rings. The lowest BCUT2D eigenvalue weighted by Gasteiger charge is -2.32. The molecule has 1 saturated heterocycles. The van der Waals surface area contributed by atoms with Crippen LogP contribution in [-0.4, -0.2) is 49.7 Å². The lowest BCUT2D eigenvalue weighted by molar-refractivity contribution is 0.0686. The van der Waals surface area contributed by atoms with Gasteiger partial charge in [-0.3, -0.25) is 4.79 Å². The van der Waals surface area contributed by atoms with Crippen LogP contribution in [0.5, 0.6) is 0 Å². The summed E-state index contributed by atoms with van der Waals surface area (Å²) in [4.78, 5) is 15.0. The molecule has 0 bridgehead atoms. The highest BCUT2D eigenvalue weighted by Gasteiger charge is 2.27. The summed E-state index contributed by atoms with van der Waals surface area (Å²) in [5, 5.41) is 0. The summed E-state index contributed by atoms with van der Waals surface area (Å²) in [6, 6.07) is 15.0. The van der Waals surface area contributed by atoms with Gasteiger partial charge < -0.3 is 4.90 Å². The molecular weight excluding hydrogens is 408 g/mol. The SMILES string of the molecule is Cc1ccc(CCC2CCN(C(=O)c3cccc(S(=O)(=O)N(C)C(C)C)c3)CC2)cc1. The number of hydrogen-bond donors (Lipinski definition) is 0. The zero-order chi connectivity index (χ0) is 22.6. The Bertz CT molecular complexity index is 992. The highest BCUT2D eigenvalue weighted by Crippen LogP contribution is 2.25. The molecule has 0 aliphatic carbocycles. The summed E-state index contributed by atoms with van der Waals surface area (Å²) >= 11 is 0. The Labute approximate surface area is 187 Å². The molecule has 0 N–H and O–H groups in total. The Hall–Kier alpha value is -2.18. The van der Waals surface area contributed by atoms with E-state index in [0.717, 1.165) is 38.8 Å². The third-order valence-corrected chi connectivity index (χ3v) is 8.38. The van der Waals surface area contributed by atoms with Crippen molar-refractivity contribution in [1.29, 1.82) is 0 Å². The predicted molar refractivity (Wildman–Crippen MR) is 125 cm³/mol. The number of likely N-dealkylation sites (tertiary alicyclic amines) is 1. The molecule has 0 spiro atoms. The average molecular weight is 443 g/mol. The van der Waals surface area contributed by atoms with Crippen LogP contribution in [0.4, 0.5) is 0 Å². The first kappa shape index (κ1) is 23.5. The van der Waals surface area contributed by atoms with Crippen LogP contribution in [0.3, 0.4) is 0 Å². The molecule has 1 heterocycles. The van der Waals surface area contributed by atoms with Crippen LogP contribution in [0.15, 0.2) is 53.4 Å². The van der Waals surface area contributed by atoms with Crippen molar-refractivity contribution in [2.75, 3.05) is 20.1 Å². The van der Waals surface area contributed by atoms with Gasteiger partial charge in [-0.25, -0.2) is 8.42 Å². The number of amides is 1. The summed E-state index contributed by atoms with van der Waals surface area (Å²) in [6.45, 7) is 7.20. The number of piperidine rings is 1. The minimum atomic E-state index is -3.61. The summed E-state index contributed by atoms with van der Waals surface area (Å²) in [5.41, 5.74) is 3.09. The van der Waals surface area contributed by atoms with Crippen LogP contribution in [0.25, 0.3) is 0 Å². The van der Waals surface area contributed by atoms with Gasteiger partial charge in [0.1, 0.15) is 0 Å². The summed E-state index contributed by atoms with van der Waals surface area (Å²) in [5.74, 6) is 0.540. The number of sulfonamides is 1. The second-order valence-electron chi connectivity index (χ2n) is 8.90. The standard InChI is InChI=1S/C25H34N2O3S/c1-19(2)26(4)31(29,30)24-7-5-6-23(18-24)25(28)27-16-14-22(15-17-27)13-12-21-10-8-20(3)9-11-21/h5-11,18-19,22H,12-17H2,1-4H3. The average Bonchev–Trinajstić information content (AvgIpc) is 2.78. The van der Waals surface area contributed by atoms with E-state index in [2.05, 4.69) is 31.2 Å². The second-order valence-corrected chi connectivity index (χ2v) is 10.9. The topological polar surface area (TPSA) is 57.7 Å². The zero-order valence-electron chi connectivity index (χ0n) is 19.0. The first-order valence-corrected chi connectivity index (χ1v) is 12.6. The molecule has 0 aromatic heterocycles. The van der Waals surface area contributed by atoms with Crippen molar-refractivity contribution >= 4 is 15.9 Å². The maximum atomic E-state index is 13.0. The van der Waals surface area contributed by atoms with Crippen LogP contribution >= 0.6 is 0 Å². The van der Waals surface area contributed by atoms with Gasteiger partial charge in [0.25, 0.3) is 5.91 Å². The summed E-state index contributed by atoms with van der Waals surface area (Å²) in [6.07, 6.45) is 4.19. The largest absolute Gasteiger partial charge is 0.339 e. The van der Waals surface area contributed by atoms with Gasteiger partial charge in [0.05, 0.1) is 4.90 Å². The molecule has 3 rings (SSSR count). The number of aryl methyl sites for hydroxylation is 2. The van der Waals surface area contributed by atoms with Crippen molar-refractivity contribution in [3.8, 4) is 0 Å². The zero-order valence-corrected chi connectivity index (χ0v) is 19.9. The Kier molecular flexibility index (Phi) is 7.55. The molecule has 1 fully saturated rings.